The summed E-state index contributed by atoms with van der Waals surface area (Å²) >= 11 is 0. The van der Waals surface area contributed by atoms with Crippen molar-refractivity contribution in [1.29, 1.82) is 0 Å². The van der Waals surface area contributed by atoms with E-state index in [2.05, 4.69) is 6.92 Å². The molecule has 0 amide bonds. The fraction of sp³-hybridized carbons (Fsp3) is 1.00. The van der Waals surface area contributed by atoms with Crippen molar-refractivity contribution in [3.05, 3.63) is 0 Å². The monoisotopic (exact) mass is 300 g/mol. The lowest BCUT2D eigenvalue weighted by atomic mass is 10.0. The van der Waals surface area contributed by atoms with Crippen LogP contribution in [0.2, 0.25) is 6.04 Å². The Morgan fingerprint density at radius 2 is 0.800 bits per heavy atom. The second kappa shape index (κ2) is 19.1. The van der Waals surface area contributed by atoms with Gasteiger partial charge in [-0.25, -0.2) is 0 Å². The van der Waals surface area contributed by atoms with Gasteiger partial charge in [-0.2, -0.15) is 0 Å². The van der Waals surface area contributed by atoms with Crippen LogP contribution in [-0.2, 0) is 0 Å². The summed E-state index contributed by atoms with van der Waals surface area (Å²) in [5, 5.41) is 0. The van der Waals surface area contributed by atoms with Crippen LogP contribution < -0.4 is 0 Å². The standard InChI is InChI=1S/C18H37FSi/c1-2-3-4-5-6-7-8-9-10-11-12-13-14-15-16-17-18-20-19/h2-18H2,1H3. The van der Waals surface area contributed by atoms with Crippen LogP contribution in [0.4, 0.5) is 4.11 Å². The minimum atomic E-state index is -0.331. The number of rotatable bonds is 17. The molecule has 120 valence electrons. The second-order valence-corrected chi connectivity index (χ2v) is 6.95. The van der Waals surface area contributed by atoms with Crippen molar-refractivity contribution in [3.8, 4) is 0 Å². The maximum absolute atomic E-state index is 11.9. The van der Waals surface area contributed by atoms with E-state index in [-0.39, 0.29) is 9.85 Å². The highest BCUT2D eigenvalue weighted by atomic mass is 28.3. The fourth-order valence-electron chi connectivity index (χ4n) is 2.74. The Kier molecular flexibility index (Phi) is 19.3. The average Bonchev–Trinajstić information content (AvgIpc) is 2.47. The van der Waals surface area contributed by atoms with Crippen LogP contribution in [0.25, 0.3) is 0 Å². The molecule has 0 aliphatic heterocycles. The van der Waals surface area contributed by atoms with Crippen LogP contribution in [0.5, 0.6) is 0 Å². The van der Waals surface area contributed by atoms with Gasteiger partial charge in [0.25, 0.3) is 9.85 Å². The predicted octanol–water partition coefficient (Wildman–Crippen LogP) is 7.25. The number of hydrogen-bond acceptors (Lipinski definition) is 0. The van der Waals surface area contributed by atoms with E-state index < -0.39 is 0 Å². The molecule has 0 aliphatic carbocycles. The zero-order chi connectivity index (χ0) is 14.7. The molecule has 0 aromatic carbocycles. The van der Waals surface area contributed by atoms with E-state index in [1.807, 2.05) is 0 Å². The van der Waals surface area contributed by atoms with E-state index in [1.54, 1.807) is 0 Å². The Hall–Kier alpha value is 0.147. The zero-order valence-electron chi connectivity index (χ0n) is 13.9. The highest BCUT2D eigenvalue weighted by Gasteiger charge is 1.94. The van der Waals surface area contributed by atoms with E-state index in [4.69, 9.17) is 0 Å². The molecule has 20 heavy (non-hydrogen) atoms. The zero-order valence-corrected chi connectivity index (χ0v) is 14.9. The van der Waals surface area contributed by atoms with E-state index in [1.165, 1.54) is 96.3 Å². The number of halogens is 1. The van der Waals surface area contributed by atoms with Crippen molar-refractivity contribution in [2.24, 2.45) is 0 Å². The Labute approximate surface area is 130 Å². The van der Waals surface area contributed by atoms with Gasteiger partial charge in [0.15, 0.2) is 0 Å². The lowest BCUT2D eigenvalue weighted by Gasteiger charge is -2.03. The Bertz CT molecular complexity index is 143. The highest BCUT2D eigenvalue weighted by molar-refractivity contribution is 6.25. The molecule has 0 heterocycles. The van der Waals surface area contributed by atoms with Gasteiger partial charge in [-0.05, 0) is 6.04 Å². The topological polar surface area (TPSA) is 0 Å². The summed E-state index contributed by atoms with van der Waals surface area (Å²) in [5.41, 5.74) is 0. The Morgan fingerprint density at radius 1 is 0.500 bits per heavy atom. The van der Waals surface area contributed by atoms with E-state index >= 15 is 0 Å². The minimum Gasteiger partial charge on any atom is -0.315 e. The molecule has 2 heteroatoms. The molecule has 0 aromatic rings. The normalized spacial score (nSPS) is 11.1. The molecule has 0 atom stereocenters. The van der Waals surface area contributed by atoms with Crippen LogP contribution >= 0.6 is 0 Å². The minimum absolute atomic E-state index is 0.331. The molecule has 0 nitrogen and oxygen atoms in total. The van der Waals surface area contributed by atoms with Gasteiger partial charge in [0.2, 0.25) is 0 Å². The Balaban J connectivity index is 2.89. The van der Waals surface area contributed by atoms with Crippen LogP contribution in [0.1, 0.15) is 110 Å². The summed E-state index contributed by atoms with van der Waals surface area (Å²) in [6, 6.07) is 0.804. The summed E-state index contributed by atoms with van der Waals surface area (Å²) in [5.74, 6) is 0. The number of hydrogen-bond donors (Lipinski definition) is 0. The van der Waals surface area contributed by atoms with Gasteiger partial charge >= 0.3 is 0 Å². The smallest absolute Gasteiger partial charge is 0.294 e. The molecule has 0 bridgehead atoms. The largest absolute Gasteiger partial charge is 0.315 e. The third kappa shape index (κ3) is 18.1. The maximum Gasteiger partial charge on any atom is 0.294 e. The molecule has 0 saturated carbocycles. The quantitative estimate of drug-likeness (QED) is 0.151. The molecular weight excluding hydrogens is 263 g/mol. The predicted molar refractivity (Wildman–Crippen MR) is 91.2 cm³/mol. The van der Waals surface area contributed by atoms with Gasteiger partial charge in [-0.1, -0.05) is 110 Å². The van der Waals surface area contributed by atoms with Gasteiger partial charge < -0.3 is 4.11 Å². The van der Waals surface area contributed by atoms with Crippen molar-refractivity contribution >= 4 is 9.85 Å². The van der Waals surface area contributed by atoms with Crippen LogP contribution in [-0.4, -0.2) is 9.85 Å². The van der Waals surface area contributed by atoms with Crippen LogP contribution in [0.3, 0.4) is 0 Å². The van der Waals surface area contributed by atoms with Crippen molar-refractivity contribution in [2.45, 2.75) is 116 Å². The molecule has 2 radical (unpaired) electrons. The maximum atomic E-state index is 11.9. The van der Waals surface area contributed by atoms with Gasteiger partial charge in [0.05, 0.1) is 0 Å². The van der Waals surface area contributed by atoms with E-state index in [9.17, 15) is 4.11 Å². The molecule has 0 aromatic heterocycles. The molecule has 0 fully saturated rings. The number of unbranched alkanes of at least 4 members (excludes halogenated alkanes) is 15. The first-order valence-electron chi connectivity index (χ1n) is 9.25. The molecule has 0 aliphatic rings. The molecule has 0 unspecified atom stereocenters. The third-order valence-electron chi connectivity index (χ3n) is 4.12. The molecule has 0 spiro atoms. The van der Waals surface area contributed by atoms with Crippen molar-refractivity contribution in [3.63, 3.8) is 0 Å². The molecule has 0 rings (SSSR count). The second-order valence-electron chi connectivity index (χ2n) is 6.19. The summed E-state index contributed by atoms with van der Waals surface area (Å²) in [4.78, 5) is 0. The average molecular weight is 301 g/mol. The van der Waals surface area contributed by atoms with Crippen molar-refractivity contribution in [1.82, 2.24) is 0 Å². The first kappa shape index (κ1) is 20.1. The summed E-state index contributed by atoms with van der Waals surface area (Å²) < 4.78 is 11.9. The third-order valence-corrected chi connectivity index (χ3v) is 4.67. The van der Waals surface area contributed by atoms with Gasteiger partial charge in [-0.15, -0.1) is 0 Å². The lowest BCUT2D eigenvalue weighted by Crippen LogP contribution is -1.84. The Morgan fingerprint density at radius 3 is 1.10 bits per heavy atom. The van der Waals surface area contributed by atoms with E-state index in [0.29, 0.717) is 0 Å². The van der Waals surface area contributed by atoms with Crippen LogP contribution in [0.15, 0.2) is 0 Å². The van der Waals surface area contributed by atoms with Gasteiger partial charge in [0.1, 0.15) is 0 Å². The molecular formula is C18H37FSi. The summed E-state index contributed by atoms with van der Waals surface area (Å²) in [6.07, 6.45) is 22.2. The van der Waals surface area contributed by atoms with Gasteiger partial charge in [0, 0.05) is 0 Å². The molecule has 0 saturated heterocycles. The van der Waals surface area contributed by atoms with Gasteiger partial charge in [-0.3, -0.25) is 0 Å². The fourth-order valence-corrected chi connectivity index (χ4v) is 3.12. The first-order chi connectivity index (χ1) is 9.91. The summed E-state index contributed by atoms with van der Waals surface area (Å²) in [6.45, 7) is 2.28. The van der Waals surface area contributed by atoms with Crippen LogP contribution in [0, 0.1) is 0 Å². The lowest BCUT2D eigenvalue weighted by molar-refractivity contribution is 0.531. The van der Waals surface area contributed by atoms with Crippen molar-refractivity contribution in [2.75, 3.05) is 0 Å². The molecule has 0 N–H and O–H groups in total. The van der Waals surface area contributed by atoms with E-state index in [0.717, 1.165) is 12.5 Å². The first-order valence-corrected chi connectivity index (χ1v) is 10.3. The highest BCUT2D eigenvalue weighted by Crippen LogP contribution is 2.13. The summed E-state index contributed by atoms with van der Waals surface area (Å²) in [7, 11) is -0.331. The van der Waals surface area contributed by atoms with Crippen molar-refractivity contribution < 1.29 is 4.11 Å². The SMILES string of the molecule is CCCCCCCCCCCCCCCCCC[Si]F.